The smallest absolute Gasteiger partial charge is 0.0588 e. The van der Waals surface area contributed by atoms with Gasteiger partial charge in [0.25, 0.3) is 0 Å². The summed E-state index contributed by atoms with van der Waals surface area (Å²) >= 11 is 0. The van der Waals surface area contributed by atoms with Crippen molar-refractivity contribution in [3.05, 3.63) is 0 Å². The molecule has 0 saturated carbocycles. The highest BCUT2D eigenvalue weighted by molar-refractivity contribution is 4.76. The van der Waals surface area contributed by atoms with Crippen LogP contribution >= 0.6 is 0 Å². The molecule has 94 valence electrons. The average molecular weight is 226 g/mol. The molecule has 2 saturated heterocycles. The van der Waals surface area contributed by atoms with E-state index in [1.807, 2.05) is 0 Å². The van der Waals surface area contributed by atoms with E-state index in [-0.39, 0.29) is 0 Å². The molecule has 0 aromatic carbocycles. The van der Waals surface area contributed by atoms with Crippen LogP contribution in [0, 0.1) is 0 Å². The molecular formula is C13H26N2O. The van der Waals surface area contributed by atoms with E-state index < -0.39 is 0 Å². The van der Waals surface area contributed by atoms with Crippen molar-refractivity contribution < 1.29 is 4.74 Å². The molecule has 0 amide bonds. The highest BCUT2D eigenvalue weighted by Crippen LogP contribution is 2.16. The molecule has 1 N–H and O–H groups in total. The van der Waals surface area contributed by atoms with Crippen molar-refractivity contribution in [1.29, 1.82) is 0 Å². The average Bonchev–Trinajstić information content (AvgIpc) is 2.71. The molecule has 2 heterocycles. The van der Waals surface area contributed by atoms with Crippen molar-refractivity contribution in [2.45, 2.75) is 51.2 Å². The van der Waals surface area contributed by atoms with Gasteiger partial charge in [-0.15, -0.1) is 0 Å². The van der Waals surface area contributed by atoms with Crippen molar-refractivity contribution in [2.75, 3.05) is 32.8 Å². The van der Waals surface area contributed by atoms with Gasteiger partial charge in [0.2, 0.25) is 0 Å². The zero-order valence-electron chi connectivity index (χ0n) is 10.6. The van der Waals surface area contributed by atoms with Gasteiger partial charge in [0, 0.05) is 25.7 Å². The van der Waals surface area contributed by atoms with E-state index in [1.54, 1.807) is 0 Å². The Hall–Kier alpha value is -0.120. The molecule has 2 fully saturated rings. The van der Waals surface area contributed by atoms with Gasteiger partial charge in [-0.25, -0.2) is 0 Å². The van der Waals surface area contributed by atoms with Gasteiger partial charge < -0.3 is 15.0 Å². The van der Waals surface area contributed by atoms with Gasteiger partial charge in [-0.05, 0) is 45.2 Å². The molecule has 0 aromatic heterocycles. The van der Waals surface area contributed by atoms with E-state index >= 15 is 0 Å². The second-order valence-corrected chi connectivity index (χ2v) is 5.14. The molecule has 3 heteroatoms. The Morgan fingerprint density at radius 3 is 3.06 bits per heavy atom. The number of hydrogen-bond acceptors (Lipinski definition) is 3. The van der Waals surface area contributed by atoms with E-state index in [0.717, 1.165) is 6.61 Å². The monoisotopic (exact) mass is 226 g/mol. The largest absolute Gasteiger partial charge is 0.378 e. The maximum Gasteiger partial charge on any atom is 0.0588 e. The summed E-state index contributed by atoms with van der Waals surface area (Å²) in [6, 6.07) is 0.701. The molecule has 2 aliphatic heterocycles. The molecule has 0 spiro atoms. The zero-order chi connectivity index (χ0) is 11.2. The Balaban J connectivity index is 1.70. The standard InChI is InChI=1S/C13H26N2O/c1-2-12-11-15(8-4-7-14-12)9-6-13-5-3-10-16-13/h12-14H,2-11H2,1H3. The molecule has 2 rings (SSSR count). The second-order valence-electron chi connectivity index (χ2n) is 5.14. The van der Waals surface area contributed by atoms with Crippen molar-refractivity contribution in [2.24, 2.45) is 0 Å². The van der Waals surface area contributed by atoms with Crippen LogP contribution in [0.25, 0.3) is 0 Å². The van der Waals surface area contributed by atoms with Crippen LogP contribution in [0.2, 0.25) is 0 Å². The molecular weight excluding hydrogens is 200 g/mol. The third kappa shape index (κ3) is 3.72. The lowest BCUT2D eigenvalue weighted by Crippen LogP contribution is -2.38. The fourth-order valence-corrected chi connectivity index (χ4v) is 2.75. The summed E-state index contributed by atoms with van der Waals surface area (Å²) < 4.78 is 5.69. The maximum atomic E-state index is 5.69. The zero-order valence-corrected chi connectivity index (χ0v) is 10.6. The second kappa shape index (κ2) is 6.58. The van der Waals surface area contributed by atoms with Gasteiger partial charge in [-0.2, -0.15) is 0 Å². The van der Waals surface area contributed by atoms with Crippen molar-refractivity contribution >= 4 is 0 Å². The Bertz CT molecular complexity index is 192. The van der Waals surface area contributed by atoms with Crippen LogP contribution in [-0.4, -0.2) is 49.8 Å². The number of rotatable bonds is 4. The molecule has 0 bridgehead atoms. The Morgan fingerprint density at radius 1 is 1.38 bits per heavy atom. The first-order valence-corrected chi connectivity index (χ1v) is 6.96. The van der Waals surface area contributed by atoms with Crippen LogP contribution in [0.4, 0.5) is 0 Å². The first-order chi connectivity index (χ1) is 7.88. The molecule has 3 nitrogen and oxygen atoms in total. The van der Waals surface area contributed by atoms with Crippen LogP contribution in [-0.2, 0) is 4.74 Å². The lowest BCUT2D eigenvalue weighted by atomic mass is 10.1. The third-order valence-corrected chi connectivity index (χ3v) is 3.85. The SMILES string of the molecule is CCC1CN(CCC2CCCO2)CCCN1. The molecule has 0 radical (unpaired) electrons. The minimum absolute atomic E-state index is 0.552. The van der Waals surface area contributed by atoms with E-state index in [4.69, 9.17) is 4.74 Å². The minimum Gasteiger partial charge on any atom is -0.378 e. The van der Waals surface area contributed by atoms with Gasteiger partial charge in [0.15, 0.2) is 0 Å². The quantitative estimate of drug-likeness (QED) is 0.788. The summed E-state index contributed by atoms with van der Waals surface area (Å²) in [7, 11) is 0. The Labute approximate surface area is 99.5 Å². The molecule has 0 aromatic rings. The van der Waals surface area contributed by atoms with Gasteiger partial charge in [0.05, 0.1) is 6.10 Å². The first kappa shape index (κ1) is 12.3. The van der Waals surface area contributed by atoms with Gasteiger partial charge in [-0.3, -0.25) is 0 Å². The Morgan fingerprint density at radius 2 is 2.31 bits per heavy atom. The number of ether oxygens (including phenoxy) is 1. The predicted octanol–water partition coefficient (Wildman–Crippen LogP) is 1.63. The maximum absolute atomic E-state index is 5.69. The summed E-state index contributed by atoms with van der Waals surface area (Å²) in [4.78, 5) is 2.62. The number of nitrogens with zero attached hydrogens (tertiary/aromatic N) is 1. The fourth-order valence-electron chi connectivity index (χ4n) is 2.75. The highest BCUT2D eigenvalue weighted by atomic mass is 16.5. The first-order valence-electron chi connectivity index (χ1n) is 6.96. The van der Waals surface area contributed by atoms with Crippen molar-refractivity contribution in [3.63, 3.8) is 0 Å². The van der Waals surface area contributed by atoms with E-state index in [0.29, 0.717) is 12.1 Å². The van der Waals surface area contributed by atoms with E-state index in [1.165, 1.54) is 58.3 Å². The van der Waals surface area contributed by atoms with Crippen LogP contribution in [0.15, 0.2) is 0 Å². The topological polar surface area (TPSA) is 24.5 Å². The lowest BCUT2D eigenvalue weighted by Gasteiger charge is -2.24. The summed E-state index contributed by atoms with van der Waals surface area (Å²) in [5.41, 5.74) is 0. The summed E-state index contributed by atoms with van der Waals surface area (Å²) in [5, 5.41) is 3.62. The van der Waals surface area contributed by atoms with Crippen molar-refractivity contribution in [3.8, 4) is 0 Å². The highest BCUT2D eigenvalue weighted by Gasteiger charge is 2.19. The molecule has 16 heavy (non-hydrogen) atoms. The van der Waals surface area contributed by atoms with Crippen molar-refractivity contribution in [1.82, 2.24) is 10.2 Å². The molecule has 2 unspecified atom stereocenters. The normalized spacial score (nSPS) is 32.8. The van der Waals surface area contributed by atoms with Gasteiger partial charge in [0.1, 0.15) is 0 Å². The van der Waals surface area contributed by atoms with Crippen LogP contribution in [0.3, 0.4) is 0 Å². The summed E-state index contributed by atoms with van der Waals surface area (Å²) in [6.07, 6.45) is 6.87. The third-order valence-electron chi connectivity index (χ3n) is 3.85. The van der Waals surface area contributed by atoms with Crippen LogP contribution in [0.1, 0.15) is 39.0 Å². The predicted molar refractivity (Wildman–Crippen MR) is 66.7 cm³/mol. The summed E-state index contributed by atoms with van der Waals surface area (Å²) in [6.45, 7) is 8.17. The van der Waals surface area contributed by atoms with E-state index in [9.17, 15) is 0 Å². The molecule has 2 aliphatic rings. The van der Waals surface area contributed by atoms with Gasteiger partial charge >= 0.3 is 0 Å². The minimum atomic E-state index is 0.552. The van der Waals surface area contributed by atoms with E-state index in [2.05, 4.69) is 17.1 Å². The fraction of sp³-hybridized carbons (Fsp3) is 1.00. The lowest BCUT2D eigenvalue weighted by molar-refractivity contribution is 0.0916. The molecule has 0 aliphatic carbocycles. The van der Waals surface area contributed by atoms with Crippen LogP contribution < -0.4 is 5.32 Å². The number of hydrogen-bond donors (Lipinski definition) is 1. The van der Waals surface area contributed by atoms with Gasteiger partial charge in [-0.1, -0.05) is 6.92 Å². The Kier molecular flexibility index (Phi) is 5.07. The molecule has 2 atom stereocenters. The van der Waals surface area contributed by atoms with Crippen LogP contribution in [0.5, 0.6) is 0 Å². The number of nitrogens with one attached hydrogen (secondary N) is 1. The summed E-state index contributed by atoms with van der Waals surface area (Å²) in [5.74, 6) is 0.